The number of piperidine rings is 1. The highest BCUT2D eigenvalue weighted by molar-refractivity contribution is 5.71. The first-order valence-corrected chi connectivity index (χ1v) is 12.9. The van der Waals surface area contributed by atoms with Gasteiger partial charge in [-0.3, -0.25) is 0 Å². The quantitative estimate of drug-likeness (QED) is 0.342. The molecule has 210 valence electrons. The Balaban J connectivity index is 1.26. The van der Waals surface area contributed by atoms with Crippen molar-refractivity contribution in [3.63, 3.8) is 0 Å². The summed E-state index contributed by atoms with van der Waals surface area (Å²) in [5.74, 6) is 0.536. The van der Waals surface area contributed by atoms with Gasteiger partial charge in [-0.2, -0.15) is 18.3 Å². The van der Waals surface area contributed by atoms with Crippen LogP contribution < -0.4 is 9.80 Å². The van der Waals surface area contributed by atoms with Crippen molar-refractivity contribution in [1.82, 2.24) is 24.7 Å². The number of hydrogen-bond donors (Lipinski definition) is 1. The number of halogens is 5. The molecule has 2 saturated heterocycles. The third-order valence-corrected chi connectivity index (χ3v) is 7.99. The Morgan fingerprint density at radius 3 is 2.38 bits per heavy atom. The third kappa shape index (κ3) is 4.72. The van der Waals surface area contributed by atoms with Crippen LogP contribution in [0.15, 0.2) is 61.1 Å². The molecule has 1 spiro atoms. The maximum absolute atomic E-state index is 13.1. The molecule has 2 aliphatic heterocycles. The van der Waals surface area contributed by atoms with E-state index in [1.807, 2.05) is 35.2 Å². The van der Waals surface area contributed by atoms with Gasteiger partial charge in [0.1, 0.15) is 29.8 Å². The van der Waals surface area contributed by atoms with Crippen molar-refractivity contribution in [3.05, 3.63) is 72.3 Å². The lowest BCUT2D eigenvalue weighted by atomic mass is 9.74. The summed E-state index contributed by atoms with van der Waals surface area (Å²) in [6, 6.07) is 11.6. The van der Waals surface area contributed by atoms with E-state index in [1.54, 1.807) is 11.1 Å². The van der Waals surface area contributed by atoms with Crippen molar-refractivity contribution in [2.24, 2.45) is 5.41 Å². The largest absolute Gasteiger partial charge is 0.433 e. The van der Waals surface area contributed by atoms with Crippen molar-refractivity contribution in [2.45, 2.75) is 50.7 Å². The Morgan fingerprint density at radius 1 is 0.975 bits per heavy atom. The van der Waals surface area contributed by atoms with Crippen molar-refractivity contribution >= 4 is 22.7 Å². The molecule has 13 heteroatoms. The first-order chi connectivity index (χ1) is 19.1. The van der Waals surface area contributed by atoms with Crippen molar-refractivity contribution in [1.29, 1.82) is 0 Å². The smallest absolute Gasteiger partial charge is 0.373 e. The summed E-state index contributed by atoms with van der Waals surface area (Å²) in [4.78, 5) is 16.3. The van der Waals surface area contributed by atoms with E-state index in [-0.39, 0.29) is 11.7 Å². The molecule has 1 N–H and O–H groups in total. The molecule has 8 nitrogen and oxygen atoms in total. The monoisotopic (exact) mass is 559 g/mol. The number of aliphatic hydroxyl groups is 1. The van der Waals surface area contributed by atoms with E-state index in [2.05, 4.69) is 20.1 Å². The van der Waals surface area contributed by atoms with Gasteiger partial charge < -0.3 is 14.9 Å². The minimum atomic E-state index is -4.56. The number of benzene rings is 1. The molecule has 40 heavy (non-hydrogen) atoms. The van der Waals surface area contributed by atoms with Crippen molar-refractivity contribution < 1.29 is 27.1 Å². The van der Waals surface area contributed by atoms with Crippen LogP contribution in [0.1, 0.15) is 36.6 Å². The van der Waals surface area contributed by atoms with Gasteiger partial charge in [-0.25, -0.2) is 28.4 Å². The molecule has 0 aliphatic carbocycles. The fraction of sp³-hybridized carbons (Fsp3) is 0.407. The summed E-state index contributed by atoms with van der Waals surface area (Å²) < 4.78 is 66.5. The Morgan fingerprint density at radius 2 is 1.73 bits per heavy atom. The predicted molar refractivity (Wildman–Crippen MR) is 137 cm³/mol. The number of hydrogen-bond acceptors (Lipinski definition) is 7. The van der Waals surface area contributed by atoms with Crippen LogP contribution in [0.25, 0.3) is 11.2 Å². The lowest BCUT2D eigenvalue weighted by molar-refractivity contribution is -0.141. The number of pyridine rings is 1. The molecule has 1 aromatic carbocycles. The number of rotatable bonds is 5. The van der Waals surface area contributed by atoms with E-state index in [9.17, 15) is 27.1 Å². The minimum Gasteiger partial charge on any atom is -0.373 e. The summed E-state index contributed by atoms with van der Waals surface area (Å²) in [5, 5.41) is 15.7. The van der Waals surface area contributed by atoms with E-state index in [0.29, 0.717) is 49.4 Å². The summed E-state index contributed by atoms with van der Waals surface area (Å²) in [6.45, 7) is 0.480. The van der Waals surface area contributed by atoms with Gasteiger partial charge in [0.2, 0.25) is 0 Å². The molecular weight excluding hydrogens is 533 g/mol. The molecule has 0 saturated carbocycles. The van der Waals surface area contributed by atoms with Gasteiger partial charge in [-0.1, -0.05) is 30.3 Å². The van der Waals surface area contributed by atoms with Crippen LogP contribution in [0.4, 0.5) is 33.5 Å². The van der Waals surface area contributed by atoms with E-state index < -0.39 is 36.5 Å². The highest BCUT2D eigenvalue weighted by atomic mass is 19.4. The number of fused-ring (bicyclic) bond motifs is 1. The first kappa shape index (κ1) is 26.4. The van der Waals surface area contributed by atoms with Gasteiger partial charge in [0, 0.05) is 18.5 Å². The molecule has 0 amide bonds. The number of alkyl halides is 5. The maximum Gasteiger partial charge on any atom is 0.433 e. The highest BCUT2D eigenvalue weighted by Crippen LogP contribution is 2.54. The van der Waals surface area contributed by atoms with Crippen LogP contribution in [0.3, 0.4) is 0 Å². The van der Waals surface area contributed by atoms with Crippen LogP contribution in [0.2, 0.25) is 0 Å². The lowest BCUT2D eigenvalue weighted by Gasteiger charge is -2.42. The summed E-state index contributed by atoms with van der Waals surface area (Å²) >= 11 is 0. The van der Waals surface area contributed by atoms with E-state index in [4.69, 9.17) is 0 Å². The van der Waals surface area contributed by atoms with Gasteiger partial charge in [-0.15, -0.1) is 0 Å². The average molecular weight is 560 g/mol. The van der Waals surface area contributed by atoms with Gasteiger partial charge in [0.05, 0.1) is 30.3 Å². The molecule has 0 radical (unpaired) electrons. The summed E-state index contributed by atoms with van der Waals surface area (Å²) in [7, 11) is 0. The molecule has 0 bridgehead atoms. The average Bonchev–Trinajstić information content (AvgIpc) is 3.47. The van der Waals surface area contributed by atoms with Crippen LogP contribution in [0.5, 0.6) is 0 Å². The number of aliphatic hydroxyl groups excluding tert-OH is 1. The van der Waals surface area contributed by atoms with Gasteiger partial charge in [-0.05, 0) is 37.0 Å². The van der Waals surface area contributed by atoms with E-state index in [1.165, 1.54) is 18.5 Å². The second-order valence-electron chi connectivity index (χ2n) is 10.3. The normalized spacial score (nSPS) is 21.2. The Bertz CT molecular complexity index is 1470. The number of aromatic nitrogens is 5. The molecule has 2 aliphatic rings. The molecule has 4 aromatic rings. The van der Waals surface area contributed by atoms with Gasteiger partial charge in [0.25, 0.3) is 6.43 Å². The fourth-order valence-electron chi connectivity index (χ4n) is 5.94. The Hall–Kier alpha value is -3.87. The second-order valence-corrected chi connectivity index (χ2v) is 10.3. The lowest BCUT2D eigenvalue weighted by Crippen LogP contribution is -2.47. The molecular formula is C27H26F5N7O. The predicted octanol–water partition coefficient (Wildman–Crippen LogP) is 5.06. The zero-order valence-corrected chi connectivity index (χ0v) is 21.2. The number of anilines is 2. The Labute approximate surface area is 226 Å². The fourth-order valence-corrected chi connectivity index (χ4v) is 5.94. The highest BCUT2D eigenvalue weighted by Gasteiger charge is 2.53. The standard InChI is InChI=1S/C27H26F5N7O/c28-22(29)16-38-24-19(14-35-38)33-15-23(36-24)37-10-8-26(9-11-37)12-20(17-4-2-1-3-5-17)39(25(26)40)18-6-7-21(34-13-18)27(30,31)32/h1-7,13-15,20,22,25,40H,8-12,16H2. The zero-order valence-electron chi connectivity index (χ0n) is 21.2. The molecule has 5 heterocycles. The molecule has 2 fully saturated rings. The van der Waals surface area contributed by atoms with Gasteiger partial charge in [0.15, 0.2) is 5.65 Å². The topological polar surface area (TPSA) is 83.2 Å². The Kier molecular flexibility index (Phi) is 6.56. The van der Waals surface area contributed by atoms with Crippen LogP contribution in [-0.4, -0.2) is 55.6 Å². The SMILES string of the molecule is OC1N(c2ccc(C(F)(F)F)nc2)C(c2ccccc2)CC12CCN(c1cnc3cnn(CC(F)F)c3n1)CC2. The maximum atomic E-state index is 13.1. The molecule has 2 unspecified atom stereocenters. The summed E-state index contributed by atoms with van der Waals surface area (Å²) in [5.41, 5.74) is 0.549. The second kappa shape index (κ2) is 9.95. The third-order valence-electron chi connectivity index (χ3n) is 7.99. The van der Waals surface area contributed by atoms with Gasteiger partial charge >= 0.3 is 6.18 Å². The number of nitrogens with zero attached hydrogens (tertiary/aromatic N) is 7. The zero-order chi connectivity index (χ0) is 28.1. The first-order valence-electron chi connectivity index (χ1n) is 12.9. The van der Waals surface area contributed by atoms with E-state index >= 15 is 0 Å². The van der Waals surface area contributed by atoms with Crippen molar-refractivity contribution in [3.8, 4) is 0 Å². The molecule has 2 atom stereocenters. The van der Waals surface area contributed by atoms with Crippen LogP contribution in [0, 0.1) is 5.41 Å². The van der Waals surface area contributed by atoms with E-state index in [0.717, 1.165) is 16.3 Å². The molecule has 3 aromatic heterocycles. The van der Waals surface area contributed by atoms with Crippen molar-refractivity contribution in [2.75, 3.05) is 22.9 Å². The summed E-state index contributed by atoms with van der Waals surface area (Å²) in [6.07, 6.45) is -2.17. The van der Waals surface area contributed by atoms with Crippen LogP contribution >= 0.6 is 0 Å². The van der Waals surface area contributed by atoms with Crippen LogP contribution in [-0.2, 0) is 12.7 Å². The molecule has 6 rings (SSSR count). The minimum absolute atomic E-state index is 0.263.